The van der Waals surface area contributed by atoms with Crippen LogP contribution in [-0.2, 0) is 26.2 Å². The van der Waals surface area contributed by atoms with E-state index in [1.165, 1.54) is 62.7 Å². The summed E-state index contributed by atoms with van der Waals surface area (Å²) in [5.41, 5.74) is 2.35. The summed E-state index contributed by atoms with van der Waals surface area (Å²) in [4.78, 5) is 62.7. The smallest absolute Gasteiger partial charge is 0.326 e. The summed E-state index contributed by atoms with van der Waals surface area (Å²) >= 11 is 1.32. The van der Waals surface area contributed by atoms with E-state index in [0.717, 1.165) is 47.0 Å². The van der Waals surface area contributed by atoms with Crippen molar-refractivity contribution in [3.8, 4) is 11.4 Å². The Kier molecular flexibility index (Phi) is 13.1. The Morgan fingerprint density at radius 2 is 1.50 bits per heavy atom. The van der Waals surface area contributed by atoms with Crippen LogP contribution in [-0.4, -0.2) is 69.1 Å². The lowest BCUT2D eigenvalue weighted by molar-refractivity contribution is -0.147. The Hall–Kier alpha value is -4.32. The monoisotopic (exact) mass is 731 g/mol. The first-order valence-electron chi connectivity index (χ1n) is 18.6. The number of nitrogens with zero attached hydrogens (tertiary/aromatic N) is 3. The maximum Gasteiger partial charge on any atom is 0.326 e. The van der Waals surface area contributed by atoms with Gasteiger partial charge < -0.3 is 25.7 Å². The van der Waals surface area contributed by atoms with Crippen molar-refractivity contribution < 1.29 is 29.4 Å². The summed E-state index contributed by atoms with van der Waals surface area (Å²) in [5, 5.41) is 23.7. The molecule has 12 heteroatoms. The zero-order valence-corrected chi connectivity index (χ0v) is 31.6. The van der Waals surface area contributed by atoms with Crippen LogP contribution in [0.2, 0.25) is 0 Å². The molecular weight excluding hydrogens is 679 g/mol. The van der Waals surface area contributed by atoms with Crippen LogP contribution in [0.3, 0.4) is 0 Å². The van der Waals surface area contributed by atoms with E-state index >= 15 is 0 Å². The Balaban J connectivity index is 1.21. The van der Waals surface area contributed by atoms with Crippen LogP contribution in [0.4, 0.5) is 5.69 Å². The topological polar surface area (TPSA) is 162 Å². The first-order valence-corrected chi connectivity index (χ1v) is 19.4. The SMILES string of the molecule is CCC[C@H]1CC[C@H](C2CCN(c3cnc(-c4ccc(C[C@H](NC(=O)c5ccc(C(C)(C)C)s5)C(=O)N[C@@H](CC(=O)O)C(=O)O)cc4)nc3)CC2)CC1. The van der Waals surface area contributed by atoms with Gasteiger partial charge in [-0.2, -0.15) is 0 Å². The summed E-state index contributed by atoms with van der Waals surface area (Å²) in [6.07, 6.45) is 13.7. The minimum Gasteiger partial charge on any atom is -0.481 e. The number of piperidine rings is 1. The van der Waals surface area contributed by atoms with Crippen LogP contribution < -0.4 is 15.5 Å². The lowest BCUT2D eigenvalue weighted by atomic mass is 9.72. The predicted molar refractivity (Wildman–Crippen MR) is 203 cm³/mol. The van der Waals surface area contributed by atoms with Crippen molar-refractivity contribution in [1.29, 1.82) is 0 Å². The number of carbonyl (C=O) groups is 4. The second-order valence-corrected chi connectivity index (χ2v) is 16.6. The number of aliphatic carboxylic acids is 2. The second-order valence-electron chi connectivity index (χ2n) is 15.5. The highest BCUT2D eigenvalue weighted by atomic mass is 32.1. The van der Waals surface area contributed by atoms with E-state index in [9.17, 15) is 24.3 Å². The number of carboxylic acids is 2. The molecule has 3 aromatic rings. The van der Waals surface area contributed by atoms with Gasteiger partial charge in [0.25, 0.3) is 5.91 Å². The zero-order chi connectivity index (χ0) is 37.4. The van der Waals surface area contributed by atoms with Gasteiger partial charge >= 0.3 is 11.9 Å². The molecule has 280 valence electrons. The number of carbonyl (C=O) groups excluding carboxylic acids is 2. The van der Waals surface area contributed by atoms with Gasteiger partial charge in [-0.15, -0.1) is 11.3 Å². The van der Waals surface area contributed by atoms with Gasteiger partial charge in [-0.1, -0.05) is 77.6 Å². The predicted octanol–water partition coefficient (Wildman–Crippen LogP) is 6.71. The number of aromatic nitrogens is 2. The molecule has 3 heterocycles. The van der Waals surface area contributed by atoms with Crippen LogP contribution in [0.15, 0.2) is 48.8 Å². The van der Waals surface area contributed by atoms with Crippen molar-refractivity contribution in [2.45, 2.75) is 109 Å². The minimum absolute atomic E-state index is 0.0463. The molecule has 2 atom stereocenters. The molecule has 2 amide bonds. The maximum atomic E-state index is 13.4. The standard InChI is InChI=1S/C40H53N5O6S/c1-5-6-25-7-11-27(12-8-25)28-17-19-45(20-18-28)30-23-41-36(42-24-30)29-13-9-26(10-14-29)21-31(37(48)44-32(39(50)51)22-35(46)47)43-38(49)33-15-16-34(52-33)40(2,3)4/h9-10,13-16,23-25,27-28,31-32H,5-8,11-12,17-22H2,1-4H3,(H,43,49)(H,44,48)(H,46,47)(H,50,51)/t25-,27-,31-,32-/m0/s1. The summed E-state index contributed by atoms with van der Waals surface area (Å²) < 4.78 is 0. The van der Waals surface area contributed by atoms with Crippen molar-refractivity contribution in [2.24, 2.45) is 17.8 Å². The van der Waals surface area contributed by atoms with Gasteiger partial charge in [-0.3, -0.25) is 14.4 Å². The first-order chi connectivity index (χ1) is 24.8. The molecule has 52 heavy (non-hydrogen) atoms. The van der Waals surface area contributed by atoms with E-state index in [2.05, 4.69) is 32.4 Å². The van der Waals surface area contributed by atoms with E-state index < -0.39 is 42.3 Å². The van der Waals surface area contributed by atoms with Crippen molar-refractivity contribution in [2.75, 3.05) is 18.0 Å². The highest BCUT2D eigenvalue weighted by molar-refractivity contribution is 7.14. The van der Waals surface area contributed by atoms with Crippen LogP contribution in [0, 0.1) is 17.8 Å². The molecule has 1 saturated carbocycles. The average molecular weight is 732 g/mol. The number of benzene rings is 1. The van der Waals surface area contributed by atoms with Gasteiger partial charge in [-0.05, 0) is 66.5 Å². The molecule has 0 spiro atoms. The van der Waals surface area contributed by atoms with Crippen LogP contribution in [0.1, 0.15) is 106 Å². The Morgan fingerprint density at radius 3 is 2.06 bits per heavy atom. The third kappa shape index (κ3) is 10.4. The number of hydrogen-bond acceptors (Lipinski definition) is 8. The lowest BCUT2D eigenvalue weighted by Crippen LogP contribution is -2.52. The quantitative estimate of drug-likeness (QED) is 0.141. The van der Waals surface area contributed by atoms with E-state index in [1.807, 2.05) is 63.5 Å². The maximum absolute atomic E-state index is 13.4. The second kappa shape index (κ2) is 17.5. The zero-order valence-electron chi connectivity index (χ0n) is 30.8. The molecule has 0 radical (unpaired) electrons. The number of thiophene rings is 1. The average Bonchev–Trinajstić information content (AvgIpc) is 3.64. The number of anilines is 1. The molecule has 5 rings (SSSR count). The fourth-order valence-electron chi connectivity index (χ4n) is 7.59. The van der Waals surface area contributed by atoms with Gasteiger partial charge in [0.05, 0.1) is 29.4 Å². The highest BCUT2D eigenvalue weighted by Crippen LogP contribution is 2.39. The molecule has 2 fully saturated rings. The molecule has 1 aromatic carbocycles. The van der Waals surface area contributed by atoms with Gasteiger partial charge in [-0.25, -0.2) is 14.8 Å². The molecule has 2 aliphatic rings. The third-order valence-electron chi connectivity index (χ3n) is 10.6. The third-order valence-corrected chi connectivity index (χ3v) is 12.1. The summed E-state index contributed by atoms with van der Waals surface area (Å²) in [5.74, 6) is -0.914. The number of rotatable bonds is 14. The Bertz CT molecular complexity index is 1670. The molecular formula is C40H53N5O6S. The van der Waals surface area contributed by atoms with Crippen LogP contribution in [0.25, 0.3) is 11.4 Å². The van der Waals surface area contributed by atoms with E-state index in [1.54, 1.807) is 6.07 Å². The Morgan fingerprint density at radius 1 is 0.865 bits per heavy atom. The molecule has 11 nitrogen and oxygen atoms in total. The van der Waals surface area contributed by atoms with E-state index in [-0.39, 0.29) is 11.8 Å². The van der Waals surface area contributed by atoms with Gasteiger partial charge in [0.2, 0.25) is 5.91 Å². The number of nitrogens with one attached hydrogen (secondary N) is 2. The number of amides is 2. The molecule has 1 aliphatic carbocycles. The summed E-state index contributed by atoms with van der Waals surface area (Å²) in [6, 6.07) is 8.08. The van der Waals surface area contributed by atoms with Crippen molar-refractivity contribution >= 4 is 40.8 Å². The van der Waals surface area contributed by atoms with Crippen molar-refractivity contribution in [1.82, 2.24) is 20.6 Å². The fraction of sp³-hybridized carbons (Fsp3) is 0.550. The molecule has 1 aliphatic heterocycles. The lowest BCUT2D eigenvalue weighted by Gasteiger charge is -2.39. The van der Waals surface area contributed by atoms with Crippen LogP contribution in [0.5, 0.6) is 0 Å². The van der Waals surface area contributed by atoms with Gasteiger partial charge in [0.1, 0.15) is 12.1 Å². The molecule has 4 N–H and O–H groups in total. The molecule has 2 aromatic heterocycles. The van der Waals surface area contributed by atoms with Crippen molar-refractivity contribution in [3.63, 3.8) is 0 Å². The van der Waals surface area contributed by atoms with Gasteiger partial charge in [0, 0.05) is 30.0 Å². The molecule has 1 saturated heterocycles. The Labute approximate surface area is 310 Å². The largest absolute Gasteiger partial charge is 0.481 e. The molecule has 0 bridgehead atoms. The summed E-state index contributed by atoms with van der Waals surface area (Å²) in [7, 11) is 0. The van der Waals surface area contributed by atoms with Crippen molar-refractivity contribution in [3.05, 3.63) is 64.1 Å². The van der Waals surface area contributed by atoms with Gasteiger partial charge in [0.15, 0.2) is 5.82 Å². The molecule has 0 unspecified atom stereocenters. The normalized spacial score (nSPS) is 19.4. The minimum atomic E-state index is -1.65. The summed E-state index contributed by atoms with van der Waals surface area (Å²) in [6.45, 7) is 10.5. The number of hydrogen-bond donors (Lipinski definition) is 4. The van der Waals surface area contributed by atoms with Crippen LogP contribution >= 0.6 is 11.3 Å². The van der Waals surface area contributed by atoms with E-state index in [0.29, 0.717) is 16.3 Å². The first kappa shape index (κ1) is 38.9. The highest BCUT2D eigenvalue weighted by Gasteiger charge is 2.31. The fourth-order valence-corrected chi connectivity index (χ4v) is 8.56. The van der Waals surface area contributed by atoms with E-state index in [4.69, 9.17) is 5.11 Å². The number of carboxylic acid groups (broad SMARTS) is 2.